The summed E-state index contributed by atoms with van der Waals surface area (Å²) in [5.41, 5.74) is 2.75. The summed E-state index contributed by atoms with van der Waals surface area (Å²) in [6.07, 6.45) is 1.72. The summed E-state index contributed by atoms with van der Waals surface area (Å²) in [5, 5.41) is 1.84. The molecule has 0 unspecified atom stereocenters. The fourth-order valence-electron chi connectivity index (χ4n) is 4.02. The van der Waals surface area contributed by atoms with Crippen molar-refractivity contribution in [2.24, 2.45) is 0 Å². The lowest BCUT2D eigenvalue weighted by Gasteiger charge is -2.14. The van der Waals surface area contributed by atoms with Gasteiger partial charge in [0.25, 0.3) is 11.1 Å². The fraction of sp³-hybridized carbons (Fsp3) is 0.103. The normalized spacial score (nSPS) is 14.6. The van der Waals surface area contributed by atoms with Gasteiger partial charge in [-0.2, -0.15) is 0 Å². The van der Waals surface area contributed by atoms with E-state index in [1.54, 1.807) is 13.2 Å². The number of fused-ring (bicyclic) bond motifs is 1. The van der Waals surface area contributed by atoms with Gasteiger partial charge in [0.15, 0.2) is 11.5 Å². The second kappa shape index (κ2) is 10.8. The standard InChI is InChI=1S/C29H22INO4S/c1-34-26-15-20(11-14-25(26)35-18-19-9-12-23(30)13-10-19)16-27-28(32)31(29(33)36-27)17-22-7-4-6-21-5-2-3-8-24(21)22/h2-16H,17-18H2,1H3/b27-16+. The van der Waals surface area contributed by atoms with Gasteiger partial charge in [0.2, 0.25) is 0 Å². The summed E-state index contributed by atoms with van der Waals surface area (Å²) in [5.74, 6) is 0.873. The molecular formula is C29H22INO4S. The Morgan fingerprint density at radius 3 is 2.50 bits per heavy atom. The first kappa shape index (κ1) is 24.4. The molecule has 0 saturated carbocycles. The summed E-state index contributed by atoms with van der Waals surface area (Å²) in [4.78, 5) is 27.5. The van der Waals surface area contributed by atoms with Crippen LogP contribution in [0.25, 0.3) is 16.8 Å². The lowest BCUT2D eigenvalue weighted by Crippen LogP contribution is -2.27. The van der Waals surface area contributed by atoms with Gasteiger partial charge in [-0.25, -0.2) is 0 Å². The van der Waals surface area contributed by atoms with E-state index in [0.717, 1.165) is 39.2 Å². The quantitative estimate of drug-likeness (QED) is 0.164. The van der Waals surface area contributed by atoms with E-state index in [1.165, 1.54) is 8.47 Å². The lowest BCUT2D eigenvalue weighted by molar-refractivity contribution is -0.123. The van der Waals surface area contributed by atoms with Crippen molar-refractivity contribution in [3.8, 4) is 11.5 Å². The van der Waals surface area contributed by atoms with Crippen LogP contribution in [0.15, 0.2) is 89.8 Å². The molecule has 7 heteroatoms. The zero-order valence-electron chi connectivity index (χ0n) is 19.4. The van der Waals surface area contributed by atoms with E-state index < -0.39 is 0 Å². The van der Waals surface area contributed by atoms with Crippen LogP contribution in [0, 0.1) is 3.57 Å². The van der Waals surface area contributed by atoms with Crippen molar-refractivity contribution >= 4 is 62.3 Å². The second-order valence-electron chi connectivity index (χ2n) is 8.23. The van der Waals surface area contributed by atoms with Crippen molar-refractivity contribution in [1.82, 2.24) is 4.90 Å². The minimum absolute atomic E-state index is 0.234. The molecule has 4 aromatic rings. The molecule has 1 aliphatic rings. The van der Waals surface area contributed by atoms with Crippen molar-refractivity contribution in [1.29, 1.82) is 0 Å². The Labute approximate surface area is 227 Å². The number of halogens is 1. The Balaban J connectivity index is 1.33. The van der Waals surface area contributed by atoms with E-state index >= 15 is 0 Å². The molecule has 1 heterocycles. The molecule has 0 spiro atoms. The predicted molar refractivity (Wildman–Crippen MR) is 152 cm³/mol. The Morgan fingerprint density at radius 1 is 0.917 bits per heavy atom. The van der Waals surface area contributed by atoms with Crippen molar-refractivity contribution < 1.29 is 19.1 Å². The van der Waals surface area contributed by atoms with Gasteiger partial charge in [0.05, 0.1) is 18.6 Å². The van der Waals surface area contributed by atoms with E-state index in [1.807, 2.05) is 84.9 Å². The summed E-state index contributed by atoms with van der Waals surface area (Å²) in [6.45, 7) is 0.650. The van der Waals surface area contributed by atoms with Crippen LogP contribution in [-0.4, -0.2) is 23.2 Å². The van der Waals surface area contributed by atoms with Gasteiger partial charge in [0.1, 0.15) is 6.61 Å². The number of hydrogen-bond donors (Lipinski definition) is 0. The number of ether oxygens (including phenoxy) is 2. The highest BCUT2D eigenvalue weighted by atomic mass is 127. The first-order valence-electron chi connectivity index (χ1n) is 11.3. The molecule has 0 N–H and O–H groups in total. The number of hydrogen-bond acceptors (Lipinski definition) is 5. The zero-order valence-corrected chi connectivity index (χ0v) is 22.4. The minimum Gasteiger partial charge on any atom is -0.493 e. The summed E-state index contributed by atoms with van der Waals surface area (Å²) in [6, 6.07) is 27.5. The van der Waals surface area contributed by atoms with Crippen LogP contribution in [0.2, 0.25) is 0 Å². The van der Waals surface area contributed by atoms with Crippen LogP contribution in [0.4, 0.5) is 4.79 Å². The third-order valence-electron chi connectivity index (χ3n) is 5.88. The lowest BCUT2D eigenvalue weighted by atomic mass is 10.0. The topological polar surface area (TPSA) is 55.8 Å². The number of nitrogens with zero attached hydrogens (tertiary/aromatic N) is 1. The van der Waals surface area contributed by atoms with Gasteiger partial charge in [-0.05, 0) is 92.2 Å². The second-order valence-corrected chi connectivity index (χ2v) is 10.5. The Kier molecular flexibility index (Phi) is 7.29. The van der Waals surface area contributed by atoms with Gasteiger partial charge in [-0.1, -0.05) is 60.7 Å². The van der Waals surface area contributed by atoms with Crippen LogP contribution < -0.4 is 9.47 Å². The van der Waals surface area contributed by atoms with Gasteiger partial charge in [-0.3, -0.25) is 14.5 Å². The molecular weight excluding hydrogens is 585 g/mol. The number of carbonyl (C=O) groups excluding carboxylic acids is 2. The Hall–Kier alpha value is -3.30. The van der Waals surface area contributed by atoms with Gasteiger partial charge in [0, 0.05) is 3.57 Å². The minimum atomic E-state index is -0.295. The molecule has 1 aliphatic heterocycles. The molecule has 0 aliphatic carbocycles. The summed E-state index contributed by atoms with van der Waals surface area (Å²) < 4.78 is 12.6. The molecule has 0 bridgehead atoms. The highest BCUT2D eigenvalue weighted by Gasteiger charge is 2.35. The Bertz CT molecular complexity index is 1480. The van der Waals surface area contributed by atoms with Crippen molar-refractivity contribution in [2.75, 3.05) is 7.11 Å². The van der Waals surface area contributed by atoms with Crippen LogP contribution in [0.5, 0.6) is 11.5 Å². The molecule has 0 radical (unpaired) electrons. The Morgan fingerprint density at radius 2 is 1.69 bits per heavy atom. The number of imide groups is 1. The van der Waals surface area contributed by atoms with Crippen LogP contribution in [0.1, 0.15) is 16.7 Å². The maximum absolute atomic E-state index is 13.1. The maximum atomic E-state index is 13.1. The predicted octanol–water partition coefficient (Wildman–Crippen LogP) is 7.27. The van der Waals surface area contributed by atoms with Crippen LogP contribution in [-0.2, 0) is 17.9 Å². The van der Waals surface area contributed by atoms with E-state index in [2.05, 4.69) is 22.6 Å². The molecule has 0 aromatic heterocycles. The third-order valence-corrected chi connectivity index (χ3v) is 7.50. The van der Waals surface area contributed by atoms with Crippen molar-refractivity contribution in [3.63, 3.8) is 0 Å². The molecule has 36 heavy (non-hydrogen) atoms. The molecule has 1 saturated heterocycles. The fourth-order valence-corrected chi connectivity index (χ4v) is 5.22. The average molecular weight is 607 g/mol. The maximum Gasteiger partial charge on any atom is 0.293 e. The zero-order chi connectivity index (χ0) is 25.1. The first-order valence-corrected chi connectivity index (χ1v) is 13.2. The summed E-state index contributed by atoms with van der Waals surface area (Å²) in [7, 11) is 1.58. The SMILES string of the molecule is COc1cc(/C=C2/SC(=O)N(Cc3cccc4ccccc34)C2=O)ccc1OCc1ccc(I)cc1. The monoisotopic (exact) mass is 607 g/mol. The van der Waals surface area contributed by atoms with E-state index in [9.17, 15) is 9.59 Å². The molecule has 180 valence electrons. The smallest absolute Gasteiger partial charge is 0.293 e. The number of amides is 2. The number of benzene rings is 4. The molecule has 4 aromatic carbocycles. The van der Waals surface area contributed by atoms with Crippen LogP contribution in [0.3, 0.4) is 0 Å². The van der Waals surface area contributed by atoms with E-state index in [-0.39, 0.29) is 17.7 Å². The van der Waals surface area contributed by atoms with Gasteiger partial charge >= 0.3 is 0 Å². The number of rotatable bonds is 7. The third kappa shape index (κ3) is 5.27. The number of carbonyl (C=O) groups is 2. The highest BCUT2D eigenvalue weighted by Crippen LogP contribution is 2.36. The van der Waals surface area contributed by atoms with Gasteiger partial charge < -0.3 is 9.47 Å². The molecule has 2 amide bonds. The molecule has 5 nitrogen and oxygen atoms in total. The van der Waals surface area contributed by atoms with Gasteiger partial charge in [-0.15, -0.1) is 0 Å². The average Bonchev–Trinajstić information content (AvgIpc) is 3.16. The number of thioether (sulfide) groups is 1. The molecule has 0 atom stereocenters. The number of methoxy groups -OCH3 is 1. The van der Waals surface area contributed by atoms with Crippen LogP contribution >= 0.6 is 34.4 Å². The summed E-state index contributed by atoms with van der Waals surface area (Å²) >= 11 is 3.22. The molecule has 1 fully saturated rings. The van der Waals surface area contributed by atoms with Crippen molar-refractivity contribution in [2.45, 2.75) is 13.2 Å². The largest absolute Gasteiger partial charge is 0.493 e. The molecule has 5 rings (SSSR count). The first-order chi connectivity index (χ1) is 17.5. The van der Waals surface area contributed by atoms with E-state index in [4.69, 9.17) is 9.47 Å². The highest BCUT2D eigenvalue weighted by molar-refractivity contribution is 14.1. The van der Waals surface area contributed by atoms with Crippen molar-refractivity contribution in [3.05, 3.63) is 110 Å². The van der Waals surface area contributed by atoms with E-state index in [0.29, 0.717) is 23.0 Å².